The number of piperidine rings is 1. The lowest BCUT2D eigenvalue weighted by Gasteiger charge is -2.31. The molecule has 1 amide bonds. The van der Waals surface area contributed by atoms with Crippen LogP contribution in [0.3, 0.4) is 0 Å². The van der Waals surface area contributed by atoms with Gasteiger partial charge < -0.3 is 18.9 Å². The summed E-state index contributed by atoms with van der Waals surface area (Å²) in [6.07, 6.45) is 2.04. The molecule has 0 bridgehead atoms. The molecule has 10 heteroatoms. The van der Waals surface area contributed by atoms with E-state index in [1.807, 2.05) is 0 Å². The van der Waals surface area contributed by atoms with Gasteiger partial charge in [-0.2, -0.15) is 0 Å². The molecule has 0 aliphatic carbocycles. The predicted octanol–water partition coefficient (Wildman–Crippen LogP) is 0.911. The van der Waals surface area contributed by atoms with Crippen molar-refractivity contribution in [3.05, 3.63) is 30.1 Å². The fourth-order valence-electron chi connectivity index (χ4n) is 3.27. The molecule has 1 aliphatic rings. The highest BCUT2D eigenvalue weighted by Crippen LogP contribution is 2.32. The number of carbonyl (C=O) groups excluding carboxylic acids is 1. The Balaban J connectivity index is 1.75. The van der Waals surface area contributed by atoms with Crippen LogP contribution in [0.5, 0.6) is 11.5 Å². The van der Waals surface area contributed by atoms with E-state index < -0.39 is 15.1 Å². The highest BCUT2D eigenvalue weighted by Gasteiger charge is 2.36. The van der Waals surface area contributed by atoms with Gasteiger partial charge in [-0.3, -0.25) is 4.79 Å². The van der Waals surface area contributed by atoms with Gasteiger partial charge in [-0.15, -0.1) is 10.2 Å². The lowest BCUT2D eigenvalue weighted by molar-refractivity contribution is 0.0721. The molecule has 1 fully saturated rings. The minimum Gasteiger partial charge on any atom is -0.493 e. The number of hydrogen-bond donors (Lipinski definition) is 0. The summed E-state index contributed by atoms with van der Waals surface area (Å²) in [6, 6.07) is 5.11. The van der Waals surface area contributed by atoms with Crippen molar-refractivity contribution >= 4 is 15.7 Å². The van der Waals surface area contributed by atoms with Gasteiger partial charge >= 0.3 is 0 Å². The normalized spacial score (nSPS) is 15.6. The molecule has 0 saturated carbocycles. The molecule has 0 unspecified atom stereocenters. The highest BCUT2D eigenvalue weighted by atomic mass is 32.2. The number of sulfone groups is 1. The van der Waals surface area contributed by atoms with Crippen LogP contribution in [-0.4, -0.2) is 66.5 Å². The Bertz CT molecular complexity index is 933. The lowest BCUT2D eigenvalue weighted by Crippen LogP contribution is -2.43. The van der Waals surface area contributed by atoms with Crippen molar-refractivity contribution in [2.75, 3.05) is 27.3 Å². The molecule has 1 saturated heterocycles. The van der Waals surface area contributed by atoms with Gasteiger partial charge in [-0.1, -0.05) is 6.07 Å². The topological polar surface area (TPSA) is 104 Å². The van der Waals surface area contributed by atoms with E-state index in [0.717, 1.165) is 0 Å². The van der Waals surface area contributed by atoms with Crippen molar-refractivity contribution in [1.82, 2.24) is 19.7 Å². The maximum absolute atomic E-state index is 12.9. The third-order valence-electron chi connectivity index (χ3n) is 4.73. The summed E-state index contributed by atoms with van der Waals surface area (Å²) < 4.78 is 37.4. The average molecular weight is 394 g/mol. The molecule has 0 atom stereocenters. The van der Waals surface area contributed by atoms with Crippen LogP contribution in [0, 0.1) is 0 Å². The number of methoxy groups -OCH3 is 2. The van der Waals surface area contributed by atoms with E-state index in [1.165, 1.54) is 25.1 Å². The Kier molecular flexibility index (Phi) is 5.36. The maximum atomic E-state index is 12.9. The second-order valence-corrected chi connectivity index (χ2v) is 8.42. The monoisotopic (exact) mass is 394 g/mol. The molecular formula is C17H22N4O5S. The van der Waals surface area contributed by atoms with Crippen molar-refractivity contribution in [3.63, 3.8) is 0 Å². The van der Waals surface area contributed by atoms with Crippen LogP contribution < -0.4 is 9.47 Å². The zero-order valence-corrected chi connectivity index (χ0v) is 16.3. The Hall–Kier alpha value is -2.62. The minimum absolute atomic E-state index is 0.0401. The molecule has 146 valence electrons. The average Bonchev–Trinajstić information content (AvgIpc) is 3.13. The second-order valence-electron chi connectivity index (χ2n) is 6.30. The lowest BCUT2D eigenvalue weighted by atomic mass is 10.1. The van der Waals surface area contributed by atoms with Crippen LogP contribution >= 0.6 is 0 Å². The minimum atomic E-state index is -3.58. The number of amides is 1. The second kappa shape index (κ2) is 7.55. The van der Waals surface area contributed by atoms with E-state index in [4.69, 9.17) is 9.47 Å². The number of likely N-dealkylation sites (tertiary alicyclic amines) is 1. The van der Waals surface area contributed by atoms with Gasteiger partial charge in [0, 0.05) is 20.1 Å². The first-order valence-corrected chi connectivity index (χ1v) is 10.0. The summed E-state index contributed by atoms with van der Waals surface area (Å²) in [7, 11) is 1.01. The first-order valence-electron chi connectivity index (χ1n) is 8.48. The van der Waals surface area contributed by atoms with E-state index in [-0.39, 0.29) is 11.1 Å². The number of nitrogens with zero attached hydrogens (tertiary/aromatic N) is 4. The Labute approximate surface area is 157 Å². The number of benzene rings is 1. The Morgan fingerprint density at radius 3 is 2.44 bits per heavy atom. The van der Waals surface area contributed by atoms with E-state index in [1.54, 1.807) is 30.1 Å². The van der Waals surface area contributed by atoms with Crippen LogP contribution in [0.1, 0.15) is 23.2 Å². The molecule has 2 heterocycles. The first-order chi connectivity index (χ1) is 12.9. The molecule has 0 N–H and O–H groups in total. The van der Waals surface area contributed by atoms with Crippen LogP contribution in [0.2, 0.25) is 0 Å². The zero-order chi connectivity index (χ0) is 19.6. The SMILES string of the molecule is COc1cccc(C(=O)N2CCC(S(=O)(=O)c3nncn3C)CC2)c1OC. The van der Waals surface area contributed by atoms with Crippen molar-refractivity contribution in [3.8, 4) is 11.5 Å². The Morgan fingerprint density at radius 1 is 1.19 bits per heavy atom. The summed E-state index contributed by atoms with van der Waals surface area (Å²) in [6.45, 7) is 0.669. The molecule has 0 spiro atoms. The van der Waals surface area contributed by atoms with Crippen LogP contribution in [-0.2, 0) is 16.9 Å². The van der Waals surface area contributed by atoms with Gasteiger partial charge in [0.2, 0.25) is 15.0 Å². The highest BCUT2D eigenvalue weighted by molar-refractivity contribution is 7.91. The summed E-state index contributed by atoms with van der Waals surface area (Å²) >= 11 is 0. The third kappa shape index (κ3) is 3.48. The van der Waals surface area contributed by atoms with E-state index in [2.05, 4.69) is 10.2 Å². The quantitative estimate of drug-likeness (QED) is 0.742. The molecule has 1 aromatic carbocycles. The first kappa shape index (κ1) is 19.2. The van der Waals surface area contributed by atoms with Gasteiger partial charge in [-0.25, -0.2) is 8.42 Å². The predicted molar refractivity (Wildman–Crippen MR) is 96.7 cm³/mol. The van der Waals surface area contributed by atoms with Gasteiger partial charge in [-0.05, 0) is 25.0 Å². The van der Waals surface area contributed by atoms with Crippen molar-refractivity contribution in [1.29, 1.82) is 0 Å². The summed E-state index contributed by atoms with van der Waals surface area (Å²) in [4.78, 5) is 14.5. The summed E-state index contributed by atoms with van der Waals surface area (Å²) in [5, 5.41) is 6.74. The number of carbonyl (C=O) groups is 1. The van der Waals surface area contributed by atoms with Crippen LogP contribution in [0.15, 0.2) is 29.7 Å². The molecule has 1 aliphatic heterocycles. The summed E-state index contributed by atoms with van der Waals surface area (Å²) in [5.74, 6) is 0.641. The largest absolute Gasteiger partial charge is 0.493 e. The van der Waals surface area contributed by atoms with Crippen molar-refractivity contribution in [2.24, 2.45) is 7.05 Å². The molecule has 27 heavy (non-hydrogen) atoms. The molecule has 3 rings (SSSR count). The maximum Gasteiger partial charge on any atom is 0.257 e. The van der Waals surface area contributed by atoms with Crippen LogP contribution in [0.4, 0.5) is 0 Å². The van der Waals surface area contributed by atoms with Gasteiger partial charge in [0.15, 0.2) is 11.5 Å². The van der Waals surface area contributed by atoms with Crippen molar-refractivity contribution in [2.45, 2.75) is 23.2 Å². The molecular weight excluding hydrogens is 372 g/mol. The molecule has 0 radical (unpaired) electrons. The molecule has 9 nitrogen and oxygen atoms in total. The van der Waals surface area contributed by atoms with Crippen molar-refractivity contribution < 1.29 is 22.7 Å². The van der Waals surface area contributed by atoms with E-state index in [0.29, 0.717) is 43.0 Å². The number of aryl methyl sites for hydroxylation is 1. The number of para-hydroxylation sites is 1. The fraction of sp³-hybridized carbons (Fsp3) is 0.471. The van der Waals surface area contributed by atoms with E-state index >= 15 is 0 Å². The number of hydrogen-bond acceptors (Lipinski definition) is 7. The van der Waals surface area contributed by atoms with Gasteiger partial charge in [0.05, 0.1) is 25.0 Å². The summed E-state index contributed by atoms with van der Waals surface area (Å²) in [5.41, 5.74) is 0.395. The number of rotatable bonds is 5. The Morgan fingerprint density at radius 2 is 1.89 bits per heavy atom. The smallest absolute Gasteiger partial charge is 0.257 e. The standard InChI is InChI=1S/C17H22N4O5S/c1-20-11-18-19-17(20)27(23,24)12-7-9-21(10-8-12)16(22)13-5-4-6-14(25-2)15(13)26-3/h4-6,11-12H,7-10H2,1-3H3. The third-order valence-corrected chi connectivity index (χ3v) is 6.95. The number of aromatic nitrogens is 3. The molecule has 2 aromatic rings. The fourth-order valence-corrected chi connectivity index (χ4v) is 5.01. The molecule has 1 aromatic heterocycles. The van der Waals surface area contributed by atoms with Crippen LogP contribution in [0.25, 0.3) is 0 Å². The van der Waals surface area contributed by atoms with E-state index in [9.17, 15) is 13.2 Å². The number of ether oxygens (including phenoxy) is 2. The zero-order valence-electron chi connectivity index (χ0n) is 15.5. The van der Waals surface area contributed by atoms with Gasteiger partial charge in [0.25, 0.3) is 5.91 Å². The van der Waals surface area contributed by atoms with Gasteiger partial charge in [0.1, 0.15) is 6.33 Å².